The molecule has 1 aliphatic rings. The van der Waals surface area contributed by atoms with Crippen LogP contribution in [0.25, 0.3) is 10.8 Å². The SMILES string of the molecule is CN1C(=O)c2cccc3c(S(=O)(=O)NCCCN)ccc1c23. The third-order valence-corrected chi connectivity index (χ3v) is 5.36. The highest BCUT2D eigenvalue weighted by molar-refractivity contribution is 7.89. The predicted molar refractivity (Wildman–Crippen MR) is 85.5 cm³/mol. The minimum Gasteiger partial charge on any atom is -0.330 e. The molecule has 0 fully saturated rings. The molecule has 7 heteroatoms. The van der Waals surface area contributed by atoms with E-state index in [1.807, 2.05) is 0 Å². The number of carbonyl (C=O) groups excluding carboxylic acids is 1. The summed E-state index contributed by atoms with van der Waals surface area (Å²) in [7, 11) is -1.95. The summed E-state index contributed by atoms with van der Waals surface area (Å²) in [4.78, 5) is 13.9. The summed E-state index contributed by atoms with van der Waals surface area (Å²) in [6.45, 7) is 0.715. The second-order valence-electron chi connectivity index (χ2n) is 5.22. The first-order chi connectivity index (χ1) is 10.5. The lowest BCUT2D eigenvalue weighted by Crippen LogP contribution is -2.26. The largest absolute Gasteiger partial charge is 0.330 e. The lowest BCUT2D eigenvalue weighted by molar-refractivity contribution is 0.0999. The Balaban J connectivity index is 2.17. The Labute approximate surface area is 129 Å². The minimum atomic E-state index is -3.64. The summed E-state index contributed by atoms with van der Waals surface area (Å²) in [6.07, 6.45) is 0.571. The zero-order valence-electron chi connectivity index (χ0n) is 12.2. The first kappa shape index (κ1) is 15.0. The van der Waals surface area contributed by atoms with Crippen molar-refractivity contribution in [3.63, 3.8) is 0 Å². The zero-order chi connectivity index (χ0) is 15.9. The van der Waals surface area contributed by atoms with Gasteiger partial charge in [-0.2, -0.15) is 0 Å². The number of anilines is 1. The fourth-order valence-electron chi connectivity index (χ4n) is 2.73. The van der Waals surface area contributed by atoms with E-state index >= 15 is 0 Å². The molecule has 0 atom stereocenters. The lowest BCUT2D eigenvalue weighted by atomic mass is 10.1. The topological polar surface area (TPSA) is 92.5 Å². The van der Waals surface area contributed by atoms with Crippen LogP contribution in [0.2, 0.25) is 0 Å². The van der Waals surface area contributed by atoms with Crippen molar-refractivity contribution in [1.82, 2.24) is 4.72 Å². The summed E-state index contributed by atoms with van der Waals surface area (Å²) in [6, 6.07) is 8.37. The molecule has 6 nitrogen and oxygen atoms in total. The van der Waals surface area contributed by atoms with Crippen molar-refractivity contribution in [1.29, 1.82) is 0 Å². The second kappa shape index (κ2) is 5.35. The molecule has 0 unspecified atom stereocenters. The van der Waals surface area contributed by atoms with Crippen LogP contribution in [0.1, 0.15) is 16.8 Å². The Morgan fingerprint density at radius 2 is 2.00 bits per heavy atom. The molecule has 2 aromatic rings. The van der Waals surface area contributed by atoms with E-state index in [1.54, 1.807) is 37.4 Å². The molecular weight excluding hydrogens is 302 g/mol. The highest BCUT2D eigenvalue weighted by Crippen LogP contribution is 2.39. The second-order valence-corrected chi connectivity index (χ2v) is 6.95. The van der Waals surface area contributed by atoms with Crippen molar-refractivity contribution >= 4 is 32.4 Å². The van der Waals surface area contributed by atoms with Gasteiger partial charge in [-0.1, -0.05) is 12.1 Å². The Morgan fingerprint density at radius 3 is 2.73 bits per heavy atom. The number of sulfonamides is 1. The molecule has 0 spiro atoms. The molecular formula is C15H17N3O3S. The van der Waals surface area contributed by atoms with Crippen molar-refractivity contribution in [2.75, 3.05) is 25.0 Å². The van der Waals surface area contributed by atoms with Gasteiger partial charge in [0.05, 0.1) is 10.6 Å². The summed E-state index contributed by atoms with van der Waals surface area (Å²) in [5.41, 5.74) is 6.66. The standard InChI is InChI=1S/C15H17N3O3S/c1-18-12-6-7-13(22(20,21)17-9-3-8-16)10-4-2-5-11(14(10)12)15(18)19/h2,4-7,17H,3,8-9,16H2,1H3. The molecule has 0 saturated carbocycles. The monoisotopic (exact) mass is 319 g/mol. The molecule has 1 heterocycles. The fourth-order valence-corrected chi connectivity index (χ4v) is 4.01. The highest BCUT2D eigenvalue weighted by atomic mass is 32.2. The average Bonchev–Trinajstić information content (AvgIpc) is 2.75. The molecule has 0 saturated heterocycles. The maximum Gasteiger partial charge on any atom is 0.258 e. The average molecular weight is 319 g/mol. The van der Waals surface area contributed by atoms with E-state index in [9.17, 15) is 13.2 Å². The maximum atomic E-state index is 12.5. The third kappa shape index (κ3) is 2.18. The van der Waals surface area contributed by atoms with Crippen molar-refractivity contribution in [2.45, 2.75) is 11.3 Å². The molecule has 1 amide bonds. The van der Waals surface area contributed by atoms with Gasteiger partial charge < -0.3 is 10.6 Å². The van der Waals surface area contributed by atoms with Crippen LogP contribution in [0.5, 0.6) is 0 Å². The number of nitrogens with zero attached hydrogens (tertiary/aromatic N) is 1. The molecule has 22 heavy (non-hydrogen) atoms. The van der Waals surface area contributed by atoms with Crippen LogP contribution in [0.15, 0.2) is 35.2 Å². The third-order valence-electron chi connectivity index (χ3n) is 3.84. The predicted octanol–water partition coefficient (Wildman–Crippen LogP) is 1.06. The number of hydrogen-bond donors (Lipinski definition) is 2. The summed E-state index contributed by atoms with van der Waals surface area (Å²) < 4.78 is 27.5. The van der Waals surface area contributed by atoms with E-state index in [4.69, 9.17) is 5.73 Å². The number of hydrogen-bond acceptors (Lipinski definition) is 4. The number of rotatable bonds is 5. The van der Waals surface area contributed by atoms with Crippen LogP contribution in [0, 0.1) is 0 Å². The Kier molecular flexibility index (Phi) is 3.64. The first-order valence-corrected chi connectivity index (χ1v) is 8.49. The Hall–Kier alpha value is -1.96. The number of amides is 1. The van der Waals surface area contributed by atoms with Gasteiger partial charge in [-0.05, 0) is 31.2 Å². The molecule has 1 aliphatic heterocycles. The van der Waals surface area contributed by atoms with Crippen LogP contribution in [0.4, 0.5) is 5.69 Å². The van der Waals surface area contributed by atoms with Gasteiger partial charge in [-0.3, -0.25) is 4.79 Å². The Bertz CT molecular complexity index is 862. The van der Waals surface area contributed by atoms with E-state index in [0.29, 0.717) is 35.8 Å². The summed E-state index contributed by atoms with van der Waals surface area (Å²) in [5.74, 6) is -0.119. The van der Waals surface area contributed by atoms with E-state index in [-0.39, 0.29) is 10.8 Å². The number of benzene rings is 2. The van der Waals surface area contributed by atoms with Crippen molar-refractivity contribution in [3.8, 4) is 0 Å². The van der Waals surface area contributed by atoms with E-state index in [0.717, 1.165) is 5.69 Å². The molecule has 3 N–H and O–H groups in total. The van der Waals surface area contributed by atoms with Crippen LogP contribution in [-0.2, 0) is 10.0 Å². The molecule has 3 rings (SSSR count). The van der Waals surface area contributed by atoms with Gasteiger partial charge in [0.2, 0.25) is 10.0 Å². The Morgan fingerprint density at radius 1 is 1.23 bits per heavy atom. The van der Waals surface area contributed by atoms with Gasteiger partial charge in [0.15, 0.2) is 0 Å². The summed E-state index contributed by atoms with van der Waals surface area (Å²) >= 11 is 0. The quantitative estimate of drug-likeness (QED) is 0.806. The fraction of sp³-hybridized carbons (Fsp3) is 0.267. The van der Waals surface area contributed by atoms with Crippen LogP contribution < -0.4 is 15.4 Å². The molecule has 0 bridgehead atoms. The number of nitrogens with one attached hydrogen (secondary N) is 1. The number of carbonyl (C=O) groups is 1. The first-order valence-electron chi connectivity index (χ1n) is 7.01. The molecule has 0 aliphatic carbocycles. The van der Waals surface area contributed by atoms with Gasteiger partial charge in [-0.15, -0.1) is 0 Å². The van der Waals surface area contributed by atoms with Crippen molar-refractivity contribution < 1.29 is 13.2 Å². The van der Waals surface area contributed by atoms with E-state index < -0.39 is 10.0 Å². The van der Waals surface area contributed by atoms with Gasteiger partial charge in [0, 0.05) is 29.9 Å². The summed E-state index contributed by atoms with van der Waals surface area (Å²) in [5, 5.41) is 1.25. The number of nitrogens with two attached hydrogens (primary N) is 1. The van der Waals surface area contributed by atoms with Gasteiger partial charge in [0.25, 0.3) is 5.91 Å². The van der Waals surface area contributed by atoms with Crippen molar-refractivity contribution in [3.05, 3.63) is 35.9 Å². The van der Waals surface area contributed by atoms with E-state index in [2.05, 4.69) is 4.72 Å². The molecule has 2 aromatic carbocycles. The molecule has 116 valence electrons. The normalized spacial score (nSPS) is 14.1. The van der Waals surface area contributed by atoms with Gasteiger partial charge in [-0.25, -0.2) is 13.1 Å². The van der Waals surface area contributed by atoms with Gasteiger partial charge >= 0.3 is 0 Å². The smallest absolute Gasteiger partial charge is 0.258 e. The highest BCUT2D eigenvalue weighted by Gasteiger charge is 2.29. The van der Waals surface area contributed by atoms with Crippen molar-refractivity contribution in [2.24, 2.45) is 5.73 Å². The van der Waals surface area contributed by atoms with E-state index in [1.165, 1.54) is 4.90 Å². The van der Waals surface area contributed by atoms with Crippen LogP contribution >= 0.6 is 0 Å². The molecule has 0 aromatic heterocycles. The lowest BCUT2D eigenvalue weighted by Gasteiger charge is -2.12. The molecule has 0 radical (unpaired) electrons. The maximum absolute atomic E-state index is 12.5. The minimum absolute atomic E-state index is 0.119. The van der Waals surface area contributed by atoms with Crippen LogP contribution in [-0.4, -0.2) is 34.5 Å². The zero-order valence-corrected chi connectivity index (χ0v) is 13.0. The van der Waals surface area contributed by atoms with Crippen LogP contribution in [0.3, 0.4) is 0 Å². The van der Waals surface area contributed by atoms with Gasteiger partial charge in [0.1, 0.15) is 0 Å².